The Labute approximate surface area is 144 Å². The summed E-state index contributed by atoms with van der Waals surface area (Å²) < 4.78 is 38.4. The molecule has 1 aliphatic heterocycles. The number of piperidine rings is 1. The molecule has 2 N–H and O–H groups in total. The van der Waals surface area contributed by atoms with Crippen molar-refractivity contribution in [2.45, 2.75) is 19.3 Å². The second kappa shape index (κ2) is 6.72. The highest BCUT2D eigenvalue weighted by molar-refractivity contribution is 7.88. The van der Waals surface area contributed by atoms with Crippen molar-refractivity contribution >= 4 is 27.0 Å². The van der Waals surface area contributed by atoms with Crippen molar-refractivity contribution in [3.8, 4) is 0 Å². The zero-order chi connectivity index (χ0) is 18.2. The van der Waals surface area contributed by atoms with Crippen LogP contribution in [0.1, 0.15) is 18.7 Å². The van der Waals surface area contributed by atoms with Gasteiger partial charge in [0.15, 0.2) is 0 Å². The Morgan fingerprint density at radius 1 is 1.44 bits per heavy atom. The fourth-order valence-corrected chi connectivity index (χ4v) is 4.35. The molecule has 2 atom stereocenters. The zero-order valence-electron chi connectivity index (χ0n) is 13.8. The van der Waals surface area contributed by atoms with E-state index >= 15 is 0 Å². The molecule has 0 aliphatic carbocycles. The molecule has 2 heterocycles. The van der Waals surface area contributed by atoms with Gasteiger partial charge in [0, 0.05) is 25.9 Å². The predicted octanol–water partition coefficient (Wildman–Crippen LogP) is 1.62. The van der Waals surface area contributed by atoms with E-state index in [2.05, 4.69) is 9.97 Å². The molecule has 0 amide bonds. The number of rotatable bonds is 5. The molecule has 9 heteroatoms. The van der Waals surface area contributed by atoms with Crippen LogP contribution in [0.3, 0.4) is 0 Å². The summed E-state index contributed by atoms with van der Waals surface area (Å²) in [7, 11) is -3.33. The van der Waals surface area contributed by atoms with Crippen LogP contribution in [0.15, 0.2) is 18.2 Å². The highest BCUT2D eigenvalue weighted by Crippen LogP contribution is 2.30. The van der Waals surface area contributed by atoms with Gasteiger partial charge >= 0.3 is 5.97 Å². The molecule has 1 aromatic carbocycles. The average molecular weight is 369 g/mol. The molecule has 25 heavy (non-hydrogen) atoms. The lowest BCUT2D eigenvalue weighted by Gasteiger charge is -2.36. The highest BCUT2D eigenvalue weighted by atomic mass is 32.2. The van der Waals surface area contributed by atoms with Crippen LogP contribution >= 0.6 is 0 Å². The molecule has 2 aromatic rings. The zero-order valence-corrected chi connectivity index (χ0v) is 14.6. The van der Waals surface area contributed by atoms with E-state index in [4.69, 9.17) is 5.11 Å². The number of H-pyrrole nitrogens is 1. The highest BCUT2D eigenvalue weighted by Gasteiger charge is 2.34. The molecule has 7 nitrogen and oxygen atoms in total. The second-order valence-corrected chi connectivity index (χ2v) is 8.56. The van der Waals surface area contributed by atoms with E-state index in [-0.39, 0.29) is 30.6 Å². The molecule has 0 spiro atoms. The van der Waals surface area contributed by atoms with Gasteiger partial charge in [-0.15, -0.1) is 0 Å². The minimum Gasteiger partial charge on any atom is -0.481 e. The van der Waals surface area contributed by atoms with Crippen LogP contribution < -0.4 is 0 Å². The number of hydrogen-bond acceptors (Lipinski definition) is 4. The number of aliphatic carboxylic acids is 1. The monoisotopic (exact) mass is 369 g/mol. The Morgan fingerprint density at radius 2 is 2.20 bits per heavy atom. The van der Waals surface area contributed by atoms with Crippen molar-refractivity contribution in [3.05, 3.63) is 29.8 Å². The molecular weight excluding hydrogens is 349 g/mol. The largest absolute Gasteiger partial charge is 0.481 e. The third-order valence-electron chi connectivity index (χ3n) is 4.71. The molecule has 2 unspecified atom stereocenters. The molecule has 0 bridgehead atoms. The number of carboxylic acid groups (broad SMARTS) is 1. The van der Waals surface area contributed by atoms with E-state index in [9.17, 15) is 17.6 Å². The Kier molecular flexibility index (Phi) is 4.79. The van der Waals surface area contributed by atoms with Crippen LogP contribution in [0.25, 0.3) is 11.0 Å². The topological polar surface area (TPSA) is 103 Å². The fraction of sp³-hybridized carbons (Fsp3) is 0.500. The van der Waals surface area contributed by atoms with E-state index in [0.29, 0.717) is 36.2 Å². The summed E-state index contributed by atoms with van der Waals surface area (Å²) >= 11 is 0. The number of carbonyl (C=O) groups is 1. The Balaban J connectivity index is 1.84. The maximum Gasteiger partial charge on any atom is 0.303 e. The Morgan fingerprint density at radius 3 is 2.88 bits per heavy atom. The Hall–Kier alpha value is -2.00. The summed E-state index contributed by atoms with van der Waals surface area (Å²) in [6, 6.07) is 4.25. The van der Waals surface area contributed by atoms with E-state index in [0.717, 1.165) is 6.26 Å². The SMILES string of the molecule is CS(=O)(=O)N1CCC(CC(=O)O)C(Cc2nc3ccc(F)cc3[nH]2)C1. The number of halogens is 1. The standard InChI is InChI=1S/C16H20FN3O4S/c1-25(23,24)20-5-4-10(7-16(21)22)11(9-20)6-15-18-13-3-2-12(17)8-14(13)19-15/h2-3,8,10-11H,4-7,9H2,1H3,(H,18,19)(H,21,22). The quantitative estimate of drug-likeness (QED) is 0.833. The fourth-order valence-electron chi connectivity index (χ4n) is 3.45. The summed E-state index contributed by atoms with van der Waals surface area (Å²) in [5.41, 5.74) is 1.20. The van der Waals surface area contributed by atoms with Gasteiger partial charge < -0.3 is 10.1 Å². The number of carboxylic acids is 1. The van der Waals surface area contributed by atoms with Crippen molar-refractivity contribution in [2.75, 3.05) is 19.3 Å². The van der Waals surface area contributed by atoms with Crippen molar-refractivity contribution in [1.82, 2.24) is 14.3 Å². The molecule has 136 valence electrons. The third-order valence-corrected chi connectivity index (χ3v) is 5.98. The van der Waals surface area contributed by atoms with Crippen LogP contribution in [-0.4, -0.2) is 53.1 Å². The van der Waals surface area contributed by atoms with Gasteiger partial charge in [0.1, 0.15) is 11.6 Å². The molecule has 0 saturated carbocycles. The van der Waals surface area contributed by atoms with Crippen molar-refractivity contribution in [2.24, 2.45) is 11.8 Å². The van der Waals surface area contributed by atoms with E-state index in [1.807, 2.05) is 0 Å². The summed E-state index contributed by atoms with van der Waals surface area (Å²) in [6.45, 7) is 0.598. The first kappa shape index (κ1) is 17.8. The maximum absolute atomic E-state index is 13.3. The average Bonchev–Trinajstić information content (AvgIpc) is 2.88. The van der Waals surface area contributed by atoms with Crippen LogP contribution in [-0.2, 0) is 21.2 Å². The van der Waals surface area contributed by atoms with Crippen LogP contribution in [0, 0.1) is 17.7 Å². The molecule has 1 saturated heterocycles. The van der Waals surface area contributed by atoms with Crippen molar-refractivity contribution < 1.29 is 22.7 Å². The minimum absolute atomic E-state index is 0.00285. The third kappa shape index (κ3) is 4.16. The number of nitrogens with zero attached hydrogens (tertiary/aromatic N) is 2. The van der Waals surface area contributed by atoms with Crippen molar-refractivity contribution in [1.29, 1.82) is 0 Å². The first-order valence-electron chi connectivity index (χ1n) is 8.03. The van der Waals surface area contributed by atoms with Gasteiger partial charge in [0.25, 0.3) is 0 Å². The number of aromatic nitrogens is 2. The first-order valence-corrected chi connectivity index (χ1v) is 9.88. The summed E-state index contributed by atoms with van der Waals surface area (Å²) in [5.74, 6) is -0.941. The first-order chi connectivity index (χ1) is 11.7. The number of benzene rings is 1. The molecule has 0 radical (unpaired) electrons. The van der Waals surface area contributed by atoms with Gasteiger partial charge in [-0.25, -0.2) is 22.1 Å². The number of hydrogen-bond donors (Lipinski definition) is 2. The van der Waals surface area contributed by atoms with Gasteiger partial charge in [-0.05, 0) is 36.5 Å². The maximum atomic E-state index is 13.3. The summed E-state index contributed by atoms with van der Waals surface area (Å²) in [5, 5.41) is 9.12. The number of fused-ring (bicyclic) bond motifs is 1. The summed E-state index contributed by atoms with van der Waals surface area (Å²) in [6.07, 6.45) is 2.07. The van der Waals surface area contributed by atoms with Gasteiger partial charge in [-0.3, -0.25) is 4.79 Å². The number of nitrogens with one attached hydrogen (secondary N) is 1. The normalized spacial score (nSPS) is 22.3. The van der Waals surface area contributed by atoms with Gasteiger partial charge in [0.05, 0.1) is 17.3 Å². The van der Waals surface area contributed by atoms with E-state index < -0.39 is 16.0 Å². The molecule has 1 aliphatic rings. The smallest absolute Gasteiger partial charge is 0.303 e. The van der Waals surface area contributed by atoms with Crippen LogP contribution in [0.4, 0.5) is 4.39 Å². The van der Waals surface area contributed by atoms with Gasteiger partial charge in [-0.2, -0.15) is 0 Å². The van der Waals surface area contributed by atoms with Gasteiger partial charge in [-0.1, -0.05) is 0 Å². The number of imidazole rings is 1. The second-order valence-electron chi connectivity index (χ2n) is 6.58. The van der Waals surface area contributed by atoms with Gasteiger partial charge in [0.2, 0.25) is 10.0 Å². The molecular formula is C16H20FN3O4S. The predicted molar refractivity (Wildman–Crippen MR) is 90.0 cm³/mol. The molecule has 3 rings (SSSR count). The number of aromatic amines is 1. The Bertz CT molecular complexity index is 896. The van der Waals surface area contributed by atoms with Crippen LogP contribution in [0.5, 0.6) is 0 Å². The minimum atomic E-state index is -3.33. The van der Waals surface area contributed by atoms with E-state index in [1.54, 1.807) is 6.07 Å². The molecule has 1 aromatic heterocycles. The van der Waals surface area contributed by atoms with Crippen LogP contribution in [0.2, 0.25) is 0 Å². The molecule has 1 fully saturated rings. The lowest BCUT2D eigenvalue weighted by molar-refractivity contribution is -0.138. The summed E-state index contributed by atoms with van der Waals surface area (Å²) in [4.78, 5) is 18.6. The van der Waals surface area contributed by atoms with E-state index in [1.165, 1.54) is 16.4 Å². The lowest BCUT2D eigenvalue weighted by Crippen LogP contribution is -2.44. The lowest BCUT2D eigenvalue weighted by atomic mass is 9.82. The van der Waals surface area contributed by atoms with Crippen molar-refractivity contribution in [3.63, 3.8) is 0 Å². The number of sulfonamides is 1.